The molecule has 6 nitrogen and oxygen atoms in total. The van der Waals surface area contributed by atoms with Crippen LogP contribution in [0.4, 0.5) is 0 Å². The van der Waals surface area contributed by atoms with Crippen molar-refractivity contribution in [2.45, 2.75) is 12.9 Å². The van der Waals surface area contributed by atoms with Gasteiger partial charge in [0.05, 0.1) is 4.47 Å². The number of carbonyl (C=O) groups excluding carboxylic acids is 2. The van der Waals surface area contributed by atoms with Crippen molar-refractivity contribution >= 4 is 33.9 Å². The summed E-state index contributed by atoms with van der Waals surface area (Å²) in [7, 11) is 0. The summed E-state index contributed by atoms with van der Waals surface area (Å²) in [5.74, 6) is -1.47. The number of cyclic esters (lactones) is 2. The second-order valence-electron chi connectivity index (χ2n) is 6.73. The number of aromatic hydroxyl groups is 1. The number of hydrogen-bond donors (Lipinski definition) is 1. The molecular weight excluding hydrogens is 464 g/mol. The van der Waals surface area contributed by atoms with Gasteiger partial charge >= 0.3 is 11.9 Å². The second-order valence-corrected chi connectivity index (χ2v) is 7.59. The molecule has 1 saturated heterocycles. The average Bonchev–Trinajstić information content (AvgIpc) is 2.78. The molecule has 0 unspecified atom stereocenters. The number of halogens is 1. The molecule has 0 aliphatic carbocycles. The van der Waals surface area contributed by atoms with Crippen LogP contribution in [0, 0.1) is 0 Å². The lowest BCUT2D eigenvalue weighted by atomic mass is 10.1. The molecule has 1 aliphatic rings. The summed E-state index contributed by atoms with van der Waals surface area (Å²) in [4.78, 5) is 24.9. The predicted molar refractivity (Wildman–Crippen MR) is 116 cm³/mol. The maximum absolute atomic E-state index is 12.5. The van der Waals surface area contributed by atoms with Gasteiger partial charge in [0.25, 0.3) is 6.29 Å². The number of phenolic OH excluding ortho intramolecular Hbond substituents is 1. The van der Waals surface area contributed by atoms with E-state index in [1.54, 1.807) is 36.4 Å². The molecule has 0 aromatic heterocycles. The summed E-state index contributed by atoms with van der Waals surface area (Å²) in [5.41, 5.74) is 1.69. The first-order chi connectivity index (χ1) is 15.0. The van der Waals surface area contributed by atoms with E-state index in [1.807, 2.05) is 30.3 Å². The van der Waals surface area contributed by atoms with Gasteiger partial charge in [-0.3, -0.25) is 0 Å². The molecule has 4 rings (SSSR count). The fourth-order valence-corrected chi connectivity index (χ4v) is 3.44. The van der Waals surface area contributed by atoms with Crippen molar-refractivity contribution < 1.29 is 28.9 Å². The number of carbonyl (C=O) groups is 2. The van der Waals surface area contributed by atoms with E-state index in [9.17, 15) is 14.7 Å². The summed E-state index contributed by atoms with van der Waals surface area (Å²) in [6.07, 6.45) is 0.250. The van der Waals surface area contributed by atoms with Crippen LogP contribution in [0.25, 0.3) is 6.08 Å². The Hall–Kier alpha value is -3.58. The van der Waals surface area contributed by atoms with Crippen molar-refractivity contribution in [3.8, 4) is 11.5 Å². The molecule has 1 aliphatic heterocycles. The monoisotopic (exact) mass is 480 g/mol. The highest BCUT2D eigenvalue weighted by Gasteiger charge is 2.34. The first-order valence-electron chi connectivity index (χ1n) is 9.39. The molecule has 1 fully saturated rings. The first-order valence-corrected chi connectivity index (χ1v) is 10.2. The van der Waals surface area contributed by atoms with Crippen LogP contribution in [0.15, 0.2) is 82.8 Å². The second kappa shape index (κ2) is 9.06. The highest BCUT2D eigenvalue weighted by atomic mass is 79.9. The standard InChI is InChI=1S/C24H17BrO6/c25-19-12-16(13-20(21(19)26)29-14-15-7-3-1-4-8-15)11-18-22(27)30-24(31-23(18)28)17-9-5-2-6-10-17/h1-13,24,26H,14H2. The molecule has 1 heterocycles. The maximum Gasteiger partial charge on any atom is 0.348 e. The highest BCUT2D eigenvalue weighted by Crippen LogP contribution is 2.37. The summed E-state index contributed by atoms with van der Waals surface area (Å²) >= 11 is 3.27. The van der Waals surface area contributed by atoms with Crippen LogP contribution in [0.5, 0.6) is 11.5 Å². The van der Waals surface area contributed by atoms with Crippen LogP contribution in [-0.2, 0) is 25.7 Å². The zero-order chi connectivity index (χ0) is 21.8. The summed E-state index contributed by atoms with van der Waals surface area (Å²) < 4.78 is 16.6. The molecule has 0 radical (unpaired) electrons. The van der Waals surface area contributed by atoms with E-state index in [0.29, 0.717) is 15.6 Å². The molecule has 7 heteroatoms. The normalized spacial score (nSPS) is 15.8. The maximum atomic E-state index is 12.5. The quantitative estimate of drug-likeness (QED) is 0.317. The van der Waals surface area contributed by atoms with Gasteiger partial charge < -0.3 is 19.3 Å². The largest absolute Gasteiger partial charge is 0.503 e. The van der Waals surface area contributed by atoms with Crippen molar-refractivity contribution in [1.29, 1.82) is 0 Å². The van der Waals surface area contributed by atoms with Gasteiger partial charge in [-0.25, -0.2) is 9.59 Å². The third-order valence-corrected chi connectivity index (χ3v) is 5.14. The molecular formula is C24H17BrO6. The Kier molecular flexibility index (Phi) is 6.04. The fraction of sp³-hybridized carbons (Fsp3) is 0.0833. The summed E-state index contributed by atoms with van der Waals surface area (Å²) in [5, 5.41) is 10.3. The topological polar surface area (TPSA) is 82.1 Å². The molecule has 31 heavy (non-hydrogen) atoms. The molecule has 1 N–H and O–H groups in total. The van der Waals surface area contributed by atoms with Gasteiger partial charge in [-0.15, -0.1) is 0 Å². The minimum Gasteiger partial charge on any atom is -0.503 e. The van der Waals surface area contributed by atoms with Crippen LogP contribution in [0.1, 0.15) is 23.0 Å². The zero-order valence-electron chi connectivity index (χ0n) is 16.2. The number of ether oxygens (including phenoxy) is 3. The zero-order valence-corrected chi connectivity index (χ0v) is 17.7. The first kappa shape index (κ1) is 20.7. The van der Waals surface area contributed by atoms with Crippen LogP contribution in [0.3, 0.4) is 0 Å². The fourth-order valence-electron chi connectivity index (χ4n) is 2.98. The Morgan fingerprint density at radius 3 is 2.19 bits per heavy atom. The van der Waals surface area contributed by atoms with Gasteiger partial charge in [0.1, 0.15) is 12.2 Å². The molecule has 0 atom stereocenters. The van der Waals surface area contributed by atoms with Gasteiger partial charge in [-0.1, -0.05) is 60.7 Å². The smallest absolute Gasteiger partial charge is 0.348 e. The van der Waals surface area contributed by atoms with E-state index in [4.69, 9.17) is 14.2 Å². The van der Waals surface area contributed by atoms with Crippen molar-refractivity contribution in [2.24, 2.45) is 0 Å². The molecule has 3 aromatic carbocycles. The van der Waals surface area contributed by atoms with E-state index in [0.717, 1.165) is 5.56 Å². The Bertz CT molecular complexity index is 1120. The average molecular weight is 481 g/mol. The van der Waals surface area contributed by atoms with Crippen molar-refractivity contribution in [3.63, 3.8) is 0 Å². The van der Waals surface area contributed by atoms with E-state index >= 15 is 0 Å². The van der Waals surface area contributed by atoms with Crippen LogP contribution < -0.4 is 4.74 Å². The van der Waals surface area contributed by atoms with E-state index in [1.165, 1.54) is 12.1 Å². The summed E-state index contributed by atoms with van der Waals surface area (Å²) in [6, 6.07) is 21.3. The Balaban J connectivity index is 1.56. The number of hydrogen-bond acceptors (Lipinski definition) is 6. The minimum absolute atomic E-state index is 0.0870. The van der Waals surface area contributed by atoms with E-state index in [2.05, 4.69) is 15.9 Å². The lowest BCUT2D eigenvalue weighted by Crippen LogP contribution is -2.29. The summed E-state index contributed by atoms with van der Waals surface area (Å²) in [6.45, 7) is 0.240. The predicted octanol–water partition coefficient (Wildman–Crippen LogP) is 4.92. The Morgan fingerprint density at radius 2 is 1.55 bits per heavy atom. The highest BCUT2D eigenvalue weighted by molar-refractivity contribution is 9.10. The molecule has 0 amide bonds. The minimum atomic E-state index is -1.09. The SMILES string of the molecule is O=C1OC(c2ccccc2)OC(=O)C1=Cc1cc(Br)c(O)c(OCc2ccccc2)c1. The number of rotatable bonds is 5. The lowest BCUT2D eigenvalue weighted by molar-refractivity contribution is -0.195. The molecule has 3 aromatic rings. The number of phenols is 1. The van der Waals surface area contributed by atoms with Crippen LogP contribution in [-0.4, -0.2) is 17.0 Å². The third-order valence-electron chi connectivity index (χ3n) is 4.54. The van der Waals surface area contributed by atoms with Crippen molar-refractivity contribution in [1.82, 2.24) is 0 Å². The van der Waals surface area contributed by atoms with Gasteiger partial charge in [-0.05, 0) is 45.3 Å². The van der Waals surface area contributed by atoms with E-state index in [-0.39, 0.29) is 23.7 Å². The molecule has 0 spiro atoms. The third kappa shape index (κ3) is 4.78. The molecule has 156 valence electrons. The number of benzene rings is 3. The van der Waals surface area contributed by atoms with Gasteiger partial charge in [0.2, 0.25) is 0 Å². The van der Waals surface area contributed by atoms with Crippen LogP contribution in [0.2, 0.25) is 0 Å². The van der Waals surface area contributed by atoms with Crippen molar-refractivity contribution in [3.05, 3.63) is 99.5 Å². The lowest BCUT2D eigenvalue weighted by Gasteiger charge is -2.24. The molecule has 0 saturated carbocycles. The Labute approximate surface area is 186 Å². The van der Waals surface area contributed by atoms with Crippen LogP contribution >= 0.6 is 15.9 Å². The van der Waals surface area contributed by atoms with E-state index < -0.39 is 18.2 Å². The number of esters is 2. The van der Waals surface area contributed by atoms with Crippen molar-refractivity contribution in [2.75, 3.05) is 0 Å². The molecule has 0 bridgehead atoms. The van der Waals surface area contributed by atoms with Gasteiger partial charge in [-0.2, -0.15) is 0 Å². The van der Waals surface area contributed by atoms with Gasteiger partial charge in [0.15, 0.2) is 11.5 Å². The Morgan fingerprint density at radius 1 is 0.935 bits per heavy atom. The van der Waals surface area contributed by atoms with Gasteiger partial charge in [0, 0.05) is 5.56 Å².